The van der Waals surface area contributed by atoms with Gasteiger partial charge in [-0.05, 0) is 182 Å². The highest BCUT2D eigenvalue weighted by atomic mass is 16.5. The van der Waals surface area contributed by atoms with Gasteiger partial charge in [-0.2, -0.15) is 0 Å². The lowest BCUT2D eigenvalue weighted by molar-refractivity contribution is -0.131. The summed E-state index contributed by atoms with van der Waals surface area (Å²) in [4.78, 5) is 55.7. The second-order valence-corrected chi connectivity index (χ2v) is 27.1. The smallest absolute Gasteiger partial charge is 0.246 e. The lowest BCUT2D eigenvalue weighted by atomic mass is 9.47. The lowest BCUT2D eigenvalue weighted by Gasteiger charge is -2.58. The van der Waals surface area contributed by atoms with E-state index in [9.17, 15) is 24.3 Å². The second kappa shape index (κ2) is 31.2. The molecule has 4 aliphatic rings. The van der Waals surface area contributed by atoms with Crippen molar-refractivity contribution in [1.29, 1.82) is 0 Å². The third-order valence-electron chi connectivity index (χ3n) is 21.1. The van der Waals surface area contributed by atoms with Crippen molar-refractivity contribution >= 4 is 29.3 Å². The van der Waals surface area contributed by atoms with Crippen molar-refractivity contribution in [2.75, 3.05) is 32.1 Å². The van der Waals surface area contributed by atoms with E-state index < -0.39 is 35.3 Å². The van der Waals surface area contributed by atoms with Gasteiger partial charge < -0.3 is 35.8 Å². The summed E-state index contributed by atoms with van der Waals surface area (Å²) in [6, 6.07) is 43.1. The topological polar surface area (TPSA) is 167 Å². The summed E-state index contributed by atoms with van der Waals surface area (Å²) in [5.41, 5.74) is 6.87. The minimum atomic E-state index is -1.03. The summed E-state index contributed by atoms with van der Waals surface area (Å²) in [6.45, 7) is 14.0. The number of benzene rings is 5. The van der Waals surface area contributed by atoms with E-state index in [0.717, 1.165) is 76.4 Å². The molecule has 0 saturated heterocycles. The highest BCUT2D eigenvalue weighted by Crippen LogP contribution is 2.67. The summed E-state index contributed by atoms with van der Waals surface area (Å²) < 4.78 is 12.1. The number of carbonyl (C=O) groups excluding carboxylic acids is 4. The Labute approximate surface area is 525 Å². The van der Waals surface area contributed by atoms with Crippen molar-refractivity contribution in [2.24, 2.45) is 46.3 Å². The number of anilines is 1. The SMILES string of the molecule is COc1ccc(C(NCCCCC(NC(=O)C(Cc2ccccc2)NC(=O)CCC(=O)NCCCOC2CCC3(C)C(=CCC4C3CCC3(C)C(C(C)CCCC(C)C)CCC43)C2)C(=O)Nc2ccc(CO)cc2)(c2ccccc2)c2ccccc2)cc1. The van der Waals surface area contributed by atoms with Crippen molar-refractivity contribution < 1.29 is 33.8 Å². The number of ether oxygens (including phenoxy) is 2. The van der Waals surface area contributed by atoms with Gasteiger partial charge in [0.25, 0.3) is 0 Å². The first-order valence-corrected chi connectivity index (χ1v) is 33.4. The lowest BCUT2D eigenvalue weighted by Crippen LogP contribution is -2.53. The van der Waals surface area contributed by atoms with Crippen LogP contribution in [0.1, 0.15) is 172 Å². The molecule has 0 radical (unpaired) electrons. The second-order valence-electron chi connectivity index (χ2n) is 27.1. The molecule has 10 atom stereocenters. The van der Waals surface area contributed by atoms with E-state index in [1.807, 2.05) is 78.9 Å². The zero-order chi connectivity index (χ0) is 62.1. The minimum Gasteiger partial charge on any atom is -0.497 e. The molecule has 5 aromatic rings. The zero-order valence-electron chi connectivity index (χ0n) is 53.5. The van der Waals surface area contributed by atoms with Crippen molar-refractivity contribution in [1.82, 2.24) is 21.3 Å². The molecule has 6 N–H and O–H groups in total. The number of aliphatic hydroxyl groups is 1. The summed E-state index contributed by atoms with van der Waals surface area (Å²) in [6.07, 6.45) is 19.2. The number of aliphatic hydroxyl groups excluding tert-OH is 1. The summed E-state index contributed by atoms with van der Waals surface area (Å²) in [7, 11) is 1.66. The fourth-order valence-corrected chi connectivity index (χ4v) is 16.2. The third kappa shape index (κ3) is 16.2. The Morgan fingerprint density at radius 1 is 0.636 bits per heavy atom. The molecule has 4 amide bonds. The van der Waals surface area contributed by atoms with Crippen LogP contribution in [-0.4, -0.2) is 73.7 Å². The highest BCUT2D eigenvalue weighted by Gasteiger charge is 2.59. The molecule has 0 aliphatic heterocycles. The van der Waals surface area contributed by atoms with Crippen molar-refractivity contribution in [3.8, 4) is 5.75 Å². The Kier molecular flexibility index (Phi) is 23.4. The Morgan fingerprint density at radius 2 is 1.31 bits per heavy atom. The van der Waals surface area contributed by atoms with Gasteiger partial charge in [-0.25, -0.2) is 0 Å². The van der Waals surface area contributed by atoms with Gasteiger partial charge in [0, 0.05) is 38.1 Å². The van der Waals surface area contributed by atoms with Gasteiger partial charge in [-0.15, -0.1) is 0 Å². The predicted molar refractivity (Wildman–Crippen MR) is 352 cm³/mol. The minimum absolute atomic E-state index is 0.0374. The number of allylic oxidation sites excluding steroid dienone is 1. The highest BCUT2D eigenvalue weighted by molar-refractivity contribution is 5.98. The number of methoxy groups -OCH3 is 1. The van der Waals surface area contributed by atoms with Crippen LogP contribution in [0.5, 0.6) is 5.75 Å². The molecule has 4 aliphatic carbocycles. The first-order valence-electron chi connectivity index (χ1n) is 33.4. The fourth-order valence-electron chi connectivity index (χ4n) is 16.2. The summed E-state index contributed by atoms with van der Waals surface area (Å²) >= 11 is 0. The molecule has 3 saturated carbocycles. The molecule has 3 fully saturated rings. The van der Waals surface area contributed by atoms with Crippen LogP contribution < -0.4 is 31.3 Å². The number of unbranched alkanes of at least 4 members (excludes halogenated alkanes) is 1. The standard InChI is InChI=1S/C76H101N5O7/c1-53(2)20-18-21-54(3)65-39-40-66-64-38-33-60-51-63(43-45-74(60,4)67(64)44-46-75(65,66)5)88-49-19-47-77-70(83)41-42-71(84)80-69(50-55-22-10-7-11-23-55)73(86)81-68(72(85)79-61-34-29-56(52-82)30-35-61)28-16-17-48-78-76(57-24-12-8-13-25-57,58-26-14-9-15-27-58)59-31-36-62(87-6)37-32-59/h7-15,22-27,29-37,53-54,63-69,78,82H,16-21,28,38-52H2,1-6H3,(H,77,83)(H,79,85)(H,80,84)(H,81,86). The predicted octanol–water partition coefficient (Wildman–Crippen LogP) is 13.8. The van der Waals surface area contributed by atoms with Gasteiger partial charge >= 0.3 is 0 Å². The molecule has 12 nitrogen and oxygen atoms in total. The van der Waals surface area contributed by atoms with Gasteiger partial charge in [-0.3, -0.25) is 24.5 Å². The summed E-state index contributed by atoms with van der Waals surface area (Å²) in [5, 5.41) is 25.5. The van der Waals surface area contributed by atoms with Gasteiger partial charge in [0.1, 0.15) is 17.8 Å². The van der Waals surface area contributed by atoms with Gasteiger partial charge in [0.05, 0.1) is 25.4 Å². The van der Waals surface area contributed by atoms with Crippen LogP contribution in [0.3, 0.4) is 0 Å². The van der Waals surface area contributed by atoms with E-state index in [1.54, 1.807) is 36.9 Å². The molecule has 0 bridgehead atoms. The van der Waals surface area contributed by atoms with Crippen LogP contribution in [0.2, 0.25) is 0 Å². The number of amides is 4. The average Bonchev–Trinajstić information content (AvgIpc) is 1.39. The molecule has 5 aromatic carbocycles. The molecule has 12 heteroatoms. The molecule has 0 heterocycles. The maximum Gasteiger partial charge on any atom is 0.246 e. The van der Waals surface area contributed by atoms with Crippen molar-refractivity contribution in [3.63, 3.8) is 0 Å². The van der Waals surface area contributed by atoms with E-state index in [1.165, 1.54) is 57.8 Å². The Balaban J connectivity index is 0.765. The maximum atomic E-state index is 14.5. The Bertz CT molecular complexity index is 3010. The quantitative estimate of drug-likeness (QED) is 0.0145. The first-order chi connectivity index (χ1) is 42.6. The van der Waals surface area contributed by atoms with Gasteiger partial charge in [0.15, 0.2) is 0 Å². The maximum absolute atomic E-state index is 14.5. The summed E-state index contributed by atoms with van der Waals surface area (Å²) in [5.74, 6) is 4.08. The van der Waals surface area contributed by atoms with Crippen LogP contribution in [-0.2, 0) is 42.5 Å². The number of nitrogens with one attached hydrogen (secondary N) is 5. The van der Waals surface area contributed by atoms with E-state index in [4.69, 9.17) is 9.47 Å². The van der Waals surface area contributed by atoms with Crippen molar-refractivity contribution in [2.45, 2.75) is 181 Å². The van der Waals surface area contributed by atoms with Crippen LogP contribution in [0, 0.1) is 46.3 Å². The normalized spacial score (nSPS) is 23.3. The van der Waals surface area contributed by atoms with E-state index in [2.05, 4.69) is 104 Å². The molecule has 88 heavy (non-hydrogen) atoms. The third-order valence-corrected chi connectivity index (χ3v) is 21.1. The average molecular weight is 1200 g/mol. The Hall–Kier alpha value is -6.60. The first kappa shape index (κ1) is 65.8. The van der Waals surface area contributed by atoms with Crippen LogP contribution in [0.25, 0.3) is 0 Å². The molecule has 0 aromatic heterocycles. The van der Waals surface area contributed by atoms with Gasteiger partial charge in [0.2, 0.25) is 23.6 Å². The molecule has 9 rings (SSSR count). The molecular formula is C76H101N5O7. The van der Waals surface area contributed by atoms with Crippen LogP contribution in [0.4, 0.5) is 5.69 Å². The number of fused-ring (bicyclic) bond motifs is 5. The Morgan fingerprint density at radius 3 is 1.98 bits per heavy atom. The van der Waals surface area contributed by atoms with E-state index >= 15 is 0 Å². The molecule has 472 valence electrons. The van der Waals surface area contributed by atoms with Gasteiger partial charge in [-0.1, -0.05) is 181 Å². The largest absolute Gasteiger partial charge is 0.497 e. The number of carbonyl (C=O) groups is 4. The monoisotopic (exact) mass is 1200 g/mol. The van der Waals surface area contributed by atoms with Crippen LogP contribution in [0.15, 0.2) is 151 Å². The van der Waals surface area contributed by atoms with E-state index in [0.29, 0.717) is 62.0 Å². The fraction of sp³-hybridized carbons (Fsp3) is 0.526. The molecular weight excluding hydrogens is 1090 g/mol. The van der Waals surface area contributed by atoms with Crippen LogP contribution >= 0.6 is 0 Å². The number of rotatable bonds is 31. The zero-order valence-corrected chi connectivity index (χ0v) is 53.5. The number of hydrogen-bond acceptors (Lipinski definition) is 8. The molecule has 0 spiro atoms. The van der Waals surface area contributed by atoms with Crippen molar-refractivity contribution in [3.05, 3.63) is 179 Å². The van der Waals surface area contributed by atoms with E-state index in [-0.39, 0.29) is 43.3 Å². The molecule has 10 unspecified atom stereocenters. The number of hydrogen-bond donors (Lipinski definition) is 6.